The normalized spacial score (nSPS) is 19.3. The lowest BCUT2D eigenvalue weighted by molar-refractivity contribution is -0.115. The molecule has 1 aliphatic rings. The largest absolute Gasteiger partial charge is 0.498 e. The summed E-state index contributed by atoms with van der Waals surface area (Å²) in [6, 6.07) is 5.65. The number of hydrogen-bond acceptors (Lipinski definition) is 7. The second-order valence-electron chi connectivity index (χ2n) is 8.49. The molecule has 3 rings (SSSR count). The highest BCUT2D eigenvalue weighted by Gasteiger charge is 2.54. The summed E-state index contributed by atoms with van der Waals surface area (Å²) >= 11 is 0. The number of esters is 1. The van der Waals surface area contributed by atoms with Gasteiger partial charge >= 0.3 is 13.1 Å². The standard InChI is InChI=1S/C23H28BFN2O6/c1-7-23(4)22(2,3)32-24(33-23)16-13-17(25)14(10-19(16)30-5)11-20(28)27-15-8-9-26-18(12-15)21(29)31-6/h8-10,12-13H,7,11H2,1-6H3,(H,26,27,28). The number of hydrogen-bond donors (Lipinski definition) is 1. The van der Waals surface area contributed by atoms with Crippen LogP contribution in [0, 0.1) is 5.82 Å². The Kier molecular flexibility index (Phi) is 7.09. The summed E-state index contributed by atoms with van der Waals surface area (Å²) in [5.74, 6) is -1.33. The summed E-state index contributed by atoms with van der Waals surface area (Å²) in [7, 11) is 1.90. The van der Waals surface area contributed by atoms with Gasteiger partial charge in [-0.25, -0.2) is 14.2 Å². The molecular formula is C23H28BFN2O6. The van der Waals surface area contributed by atoms with E-state index in [4.69, 9.17) is 14.0 Å². The van der Waals surface area contributed by atoms with Crippen LogP contribution in [0.15, 0.2) is 30.5 Å². The van der Waals surface area contributed by atoms with Crippen LogP contribution < -0.4 is 15.5 Å². The molecule has 1 atom stereocenters. The predicted molar refractivity (Wildman–Crippen MR) is 121 cm³/mol. The Morgan fingerprint density at radius 1 is 1.18 bits per heavy atom. The first-order valence-electron chi connectivity index (χ1n) is 10.6. The highest BCUT2D eigenvalue weighted by molar-refractivity contribution is 6.63. The van der Waals surface area contributed by atoms with Gasteiger partial charge in [0, 0.05) is 22.9 Å². The first-order chi connectivity index (χ1) is 15.5. The summed E-state index contributed by atoms with van der Waals surface area (Å²) in [5, 5.41) is 2.63. The maximum atomic E-state index is 15.0. The van der Waals surface area contributed by atoms with Crippen LogP contribution in [0.1, 0.15) is 50.2 Å². The molecule has 176 valence electrons. The zero-order valence-electron chi connectivity index (χ0n) is 19.7. The number of methoxy groups -OCH3 is 2. The van der Waals surface area contributed by atoms with Crippen molar-refractivity contribution in [1.29, 1.82) is 0 Å². The van der Waals surface area contributed by atoms with Crippen molar-refractivity contribution >= 4 is 30.1 Å². The average molecular weight is 458 g/mol. The summed E-state index contributed by atoms with van der Waals surface area (Å²) in [6.07, 6.45) is 1.84. The number of nitrogens with one attached hydrogen (secondary N) is 1. The first kappa shape index (κ1) is 24.7. The van der Waals surface area contributed by atoms with Crippen molar-refractivity contribution in [3.63, 3.8) is 0 Å². The van der Waals surface area contributed by atoms with Gasteiger partial charge < -0.3 is 24.1 Å². The van der Waals surface area contributed by atoms with Crippen LogP contribution in [0.5, 0.6) is 5.75 Å². The molecular weight excluding hydrogens is 430 g/mol. The molecule has 1 aromatic carbocycles. The molecule has 2 heterocycles. The second-order valence-corrected chi connectivity index (χ2v) is 8.49. The van der Waals surface area contributed by atoms with Crippen molar-refractivity contribution < 1.29 is 32.8 Å². The number of nitrogens with zero attached hydrogens (tertiary/aromatic N) is 1. The van der Waals surface area contributed by atoms with E-state index in [1.807, 2.05) is 27.7 Å². The van der Waals surface area contributed by atoms with Crippen molar-refractivity contribution in [2.45, 2.75) is 51.7 Å². The van der Waals surface area contributed by atoms with Crippen LogP contribution in [0.2, 0.25) is 0 Å². The summed E-state index contributed by atoms with van der Waals surface area (Å²) < 4.78 is 37.3. The fourth-order valence-electron chi connectivity index (χ4n) is 3.64. The fourth-order valence-corrected chi connectivity index (χ4v) is 3.64. The van der Waals surface area contributed by atoms with E-state index in [1.54, 1.807) is 0 Å². The molecule has 0 aliphatic carbocycles. The third kappa shape index (κ3) is 5.01. The van der Waals surface area contributed by atoms with E-state index < -0.39 is 36.0 Å². The van der Waals surface area contributed by atoms with Gasteiger partial charge in [0.25, 0.3) is 0 Å². The van der Waals surface area contributed by atoms with Crippen LogP contribution in [0.3, 0.4) is 0 Å². The molecule has 1 saturated heterocycles. The Morgan fingerprint density at radius 2 is 1.91 bits per heavy atom. The van der Waals surface area contributed by atoms with Crippen LogP contribution in [-0.2, 0) is 25.3 Å². The zero-order valence-corrected chi connectivity index (χ0v) is 19.7. The van der Waals surface area contributed by atoms with Crippen LogP contribution in [-0.4, -0.2) is 49.4 Å². The molecule has 1 aromatic heterocycles. The van der Waals surface area contributed by atoms with Gasteiger partial charge in [0.2, 0.25) is 5.91 Å². The fraction of sp³-hybridized carbons (Fsp3) is 0.435. The third-order valence-corrected chi connectivity index (χ3v) is 6.16. The van der Waals surface area contributed by atoms with Gasteiger partial charge in [0.1, 0.15) is 17.3 Å². The molecule has 10 heteroatoms. The topological polar surface area (TPSA) is 96.0 Å². The second kappa shape index (κ2) is 9.48. The van der Waals surface area contributed by atoms with Gasteiger partial charge in [-0.05, 0) is 51.5 Å². The highest BCUT2D eigenvalue weighted by Crippen LogP contribution is 2.40. The summed E-state index contributed by atoms with van der Waals surface area (Å²) in [5.41, 5.74) is -0.183. The van der Waals surface area contributed by atoms with Gasteiger partial charge in [-0.15, -0.1) is 0 Å². The number of halogens is 1. The lowest BCUT2D eigenvalue weighted by Crippen LogP contribution is -2.44. The lowest BCUT2D eigenvalue weighted by atomic mass is 9.77. The summed E-state index contributed by atoms with van der Waals surface area (Å²) in [4.78, 5) is 28.0. The quantitative estimate of drug-likeness (QED) is 0.504. The van der Waals surface area contributed by atoms with Gasteiger partial charge in [-0.2, -0.15) is 0 Å². The van der Waals surface area contributed by atoms with Crippen molar-refractivity contribution in [3.8, 4) is 5.75 Å². The SMILES string of the molecule is CCC1(C)OB(c2cc(F)c(CC(=O)Nc3ccnc(C(=O)OC)c3)cc2OC)OC1(C)C. The minimum Gasteiger partial charge on any atom is -0.497 e. The van der Waals surface area contributed by atoms with E-state index in [9.17, 15) is 14.0 Å². The maximum Gasteiger partial charge on any atom is 0.498 e. The number of carbonyl (C=O) groups excluding carboxylic acids is 2. The Hall–Kier alpha value is -2.98. The predicted octanol–water partition coefficient (Wildman–Crippen LogP) is 2.89. The van der Waals surface area contributed by atoms with E-state index in [1.165, 1.54) is 44.7 Å². The maximum absolute atomic E-state index is 15.0. The number of amides is 1. The van der Waals surface area contributed by atoms with E-state index >= 15 is 0 Å². The van der Waals surface area contributed by atoms with E-state index in [0.29, 0.717) is 23.3 Å². The Morgan fingerprint density at radius 3 is 2.52 bits per heavy atom. The van der Waals surface area contributed by atoms with Gasteiger partial charge in [0.15, 0.2) is 0 Å². The highest BCUT2D eigenvalue weighted by atomic mass is 19.1. The van der Waals surface area contributed by atoms with E-state index in [0.717, 1.165) is 0 Å². The molecule has 1 N–H and O–H groups in total. The van der Waals surface area contributed by atoms with E-state index in [-0.39, 0.29) is 17.7 Å². The molecule has 33 heavy (non-hydrogen) atoms. The monoisotopic (exact) mass is 458 g/mol. The van der Waals surface area contributed by atoms with Crippen molar-refractivity contribution in [2.24, 2.45) is 0 Å². The molecule has 0 bridgehead atoms. The Balaban J connectivity index is 1.79. The van der Waals surface area contributed by atoms with Crippen LogP contribution in [0.25, 0.3) is 0 Å². The van der Waals surface area contributed by atoms with Crippen molar-refractivity contribution in [1.82, 2.24) is 4.98 Å². The Labute approximate surface area is 192 Å². The zero-order chi connectivity index (χ0) is 24.4. The molecule has 8 nitrogen and oxygen atoms in total. The lowest BCUT2D eigenvalue weighted by Gasteiger charge is -2.35. The van der Waals surface area contributed by atoms with E-state index in [2.05, 4.69) is 15.0 Å². The smallest absolute Gasteiger partial charge is 0.497 e. The molecule has 0 spiro atoms. The number of carbonyl (C=O) groups is 2. The molecule has 1 aliphatic heterocycles. The molecule has 0 radical (unpaired) electrons. The summed E-state index contributed by atoms with van der Waals surface area (Å²) in [6.45, 7) is 7.83. The number of aromatic nitrogens is 1. The minimum absolute atomic E-state index is 0.0473. The molecule has 1 unspecified atom stereocenters. The van der Waals surface area contributed by atoms with Crippen molar-refractivity contribution in [2.75, 3.05) is 19.5 Å². The minimum atomic E-state index is -0.800. The van der Waals surface area contributed by atoms with Gasteiger partial charge in [-0.3, -0.25) is 4.79 Å². The first-order valence-corrected chi connectivity index (χ1v) is 10.6. The average Bonchev–Trinajstić information content (AvgIpc) is 3.03. The number of rotatable bonds is 7. The molecule has 2 aromatic rings. The Bertz CT molecular complexity index is 1060. The molecule has 0 saturated carbocycles. The number of anilines is 1. The van der Waals surface area contributed by atoms with Crippen molar-refractivity contribution in [3.05, 3.63) is 47.5 Å². The van der Waals surface area contributed by atoms with Crippen LogP contribution >= 0.6 is 0 Å². The number of pyridine rings is 1. The molecule has 1 fully saturated rings. The third-order valence-electron chi connectivity index (χ3n) is 6.16. The van der Waals surface area contributed by atoms with Crippen LogP contribution in [0.4, 0.5) is 10.1 Å². The van der Waals surface area contributed by atoms with Gasteiger partial charge in [-0.1, -0.05) is 6.92 Å². The molecule has 1 amide bonds. The number of benzene rings is 1. The number of ether oxygens (including phenoxy) is 2. The van der Waals surface area contributed by atoms with Gasteiger partial charge in [0.05, 0.1) is 31.8 Å².